The van der Waals surface area contributed by atoms with E-state index in [4.69, 9.17) is 17.4 Å². The zero-order valence-corrected chi connectivity index (χ0v) is 10.7. The maximum absolute atomic E-state index is 13.3. The van der Waals surface area contributed by atoms with Crippen LogP contribution in [0.15, 0.2) is 24.4 Å². The molecule has 0 unspecified atom stereocenters. The van der Waals surface area contributed by atoms with E-state index in [9.17, 15) is 4.39 Å². The van der Waals surface area contributed by atoms with Gasteiger partial charge in [0.15, 0.2) is 5.65 Å². The van der Waals surface area contributed by atoms with E-state index in [-0.39, 0.29) is 11.0 Å². The predicted octanol–water partition coefficient (Wildman–Crippen LogP) is 2.17. The first-order chi connectivity index (χ1) is 9.65. The SMILES string of the molecule is NNc1nc(Nc2cc(F)cc(Cl)c2)c2cn[nH]c2n1. The quantitative estimate of drug-likeness (QED) is 0.436. The lowest BCUT2D eigenvalue weighted by Gasteiger charge is -2.08. The zero-order chi connectivity index (χ0) is 14.1. The van der Waals surface area contributed by atoms with Gasteiger partial charge < -0.3 is 5.32 Å². The van der Waals surface area contributed by atoms with E-state index in [0.29, 0.717) is 22.5 Å². The summed E-state index contributed by atoms with van der Waals surface area (Å²) in [6, 6.07) is 4.09. The Balaban J connectivity index is 2.07. The van der Waals surface area contributed by atoms with Gasteiger partial charge in [0.05, 0.1) is 11.6 Å². The van der Waals surface area contributed by atoms with E-state index < -0.39 is 5.82 Å². The van der Waals surface area contributed by atoms with Crippen LogP contribution in [0.1, 0.15) is 0 Å². The first-order valence-electron chi connectivity index (χ1n) is 5.56. The molecular formula is C11H9ClFN7. The summed E-state index contributed by atoms with van der Waals surface area (Å²) in [4.78, 5) is 8.25. The van der Waals surface area contributed by atoms with Crippen molar-refractivity contribution in [3.63, 3.8) is 0 Å². The molecule has 0 aliphatic heterocycles. The van der Waals surface area contributed by atoms with Gasteiger partial charge in [-0.05, 0) is 18.2 Å². The van der Waals surface area contributed by atoms with Crippen LogP contribution >= 0.6 is 11.6 Å². The van der Waals surface area contributed by atoms with Gasteiger partial charge in [0.2, 0.25) is 5.95 Å². The fourth-order valence-electron chi connectivity index (χ4n) is 1.76. The number of nitrogens with zero attached hydrogens (tertiary/aromatic N) is 3. The lowest BCUT2D eigenvalue weighted by atomic mass is 10.3. The highest BCUT2D eigenvalue weighted by Gasteiger charge is 2.10. The largest absolute Gasteiger partial charge is 0.339 e. The van der Waals surface area contributed by atoms with Gasteiger partial charge in [0, 0.05) is 10.7 Å². The summed E-state index contributed by atoms with van der Waals surface area (Å²) >= 11 is 5.81. The predicted molar refractivity (Wildman–Crippen MR) is 74.2 cm³/mol. The van der Waals surface area contributed by atoms with Crippen LogP contribution in [0.4, 0.5) is 21.8 Å². The summed E-state index contributed by atoms with van der Waals surface area (Å²) in [6.07, 6.45) is 1.55. The molecule has 0 spiro atoms. The second-order valence-corrected chi connectivity index (χ2v) is 4.39. The van der Waals surface area contributed by atoms with Crippen LogP contribution in [0.25, 0.3) is 11.0 Å². The number of benzene rings is 1. The number of fused-ring (bicyclic) bond motifs is 1. The number of nitrogens with one attached hydrogen (secondary N) is 3. The van der Waals surface area contributed by atoms with Crippen LogP contribution in [-0.2, 0) is 0 Å². The van der Waals surface area contributed by atoms with Gasteiger partial charge in [0.1, 0.15) is 11.6 Å². The number of hydrogen-bond acceptors (Lipinski definition) is 6. The third-order valence-corrected chi connectivity index (χ3v) is 2.78. The van der Waals surface area contributed by atoms with E-state index in [1.165, 1.54) is 12.1 Å². The molecule has 3 rings (SSSR count). The van der Waals surface area contributed by atoms with Gasteiger partial charge in [-0.15, -0.1) is 0 Å². The molecule has 1 aromatic carbocycles. The molecular weight excluding hydrogens is 285 g/mol. The van der Waals surface area contributed by atoms with Crippen LogP contribution in [0, 0.1) is 5.82 Å². The standard InChI is InChI=1S/C11H9ClFN7/c12-5-1-6(13)3-7(2-5)16-9-8-4-15-20-10(8)18-11(17-9)19-14/h1-4H,14H2,(H3,15,16,17,18,19,20). The number of hydrazine groups is 1. The molecule has 0 amide bonds. The Morgan fingerprint density at radius 2 is 2.10 bits per heavy atom. The minimum Gasteiger partial charge on any atom is -0.339 e. The van der Waals surface area contributed by atoms with E-state index in [1.807, 2.05) is 0 Å². The molecule has 0 saturated heterocycles. The minimum atomic E-state index is -0.449. The molecule has 9 heteroatoms. The van der Waals surface area contributed by atoms with Crippen molar-refractivity contribution in [1.82, 2.24) is 20.2 Å². The number of rotatable bonds is 3. The third kappa shape index (κ3) is 2.33. The van der Waals surface area contributed by atoms with Gasteiger partial charge >= 0.3 is 0 Å². The molecule has 0 fully saturated rings. The molecule has 2 aromatic heterocycles. The summed E-state index contributed by atoms with van der Waals surface area (Å²) in [7, 11) is 0. The Morgan fingerprint density at radius 1 is 1.25 bits per heavy atom. The highest BCUT2D eigenvalue weighted by Crippen LogP contribution is 2.25. The van der Waals surface area contributed by atoms with E-state index in [0.717, 1.165) is 0 Å². The third-order valence-electron chi connectivity index (χ3n) is 2.56. The number of aromatic amines is 1. The Morgan fingerprint density at radius 3 is 2.85 bits per heavy atom. The van der Waals surface area contributed by atoms with Crippen molar-refractivity contribution in [3.05, 3.63) is 35.2 Å². The van der Waals surface area contributed by atoms with Crippen molar-refractivity contribution in [2.24, 2.45) is 5.84 Å². The summed E-state index contributed by atoms with van der Waals surface area (Å²) < 4.78 is 13.3. The number of H-pyrrole nitrogens is 1. The van der Waals surface area contributed by atoms with Gasteiger partial charge in [-0.25, -0.2) is 10.2 Å². The van der Waals surface area contributed by atoms with Crippen molar-refractivity contribution in [1.29, 1.82) is 0 Å². The molecule has 2 heterocycles. The molecule has 0 aliphatic rings. The normalized spacial score (nSPS) is 10.8. The van der Waals surface area contributed by atoms with Crippen molar-refractivity contribution in [2.75, 3.05) is 10.7 Å². The Hall–Kier alpha value is -2.45. The molecule has 0 saturated carbocycles. The summed E-state index contributed by atoms with van der Waals surface area (Å²) in [5.74, 6) is 5.48. The van der Waals surface area contributed by atoms with Gasteiger partial charge in [-0.2, -0.15) is 15.1 Å². The second-order valence-electron chi connectivity index (χ2n) is 3.96. The number of halogens is 2. The van der Waals surface area contributed by atoms with Crippen LogP contribution in [0.5, 0.6) is 0 Å². The van der Waals surface area contributed by atoms with E-state index >= 15 is 0 Å². The highest BCUT2D eigenvalue weighted by atomic mass is 35.5. The Bertz CT molecular complexity index is 752. The maximum atomic E-state index is 13.3. The lowest BCUT2D eigenvalue weighted by Crippen LogP contribution is -2.11. The maximum Gasteiger partial charge on any atom is 0.241 e. The molecule has 20 heavy (non-hydrogen) atoms. The fourth-order valence-corrected chi connectivity index (χ4v) is 1.98. The molecule has 0 atom stereocenters. The summed E-state index contributed by atoms with van der Waals surface area (Å²) in [5, 5.41) is 10.5. The van der Waals surface area contributed by atoms with E-state index in [2.05, 4.69) is 30.9 Å². The highest BCUT2D eigenvalue weighted by molar-refractivity contribution is 6.30. The van der Waals surface area contributed by atoms with Gasteiger partial charge in [-0.3, -0.25) is 10.5 Å². The second kappa shape index (κ2) is 4.91. The average Bonchev–Trinajstić information content (AvgIpc) is 2.85. The zero-order valence-electron chi connectivity index (χ0n) is 9.98. The van der Waals surface area contributed by atoms with Gasteiger partial charge in [-0.1, -0.05) is 11.6 Å². The molecule has 0 aliphatic carbocycles. The van der Waals surface area contributed by atoms with Crippen molar-refractivity contribution < 1.29 is 4.39 Å². The molecule has 7 nitrogen and oxygen atoms in total. The summed E-state index contributed by atoms with van der Waals surface area (Å²) in [6.45, 7) is 0. The Labute approximate surface area is 117 Å². The molecule has 3 aromatic rings. The topological polar surface area (TPSA) is 105 Å². The Kier molecular flexibility index (Phi) is 3.09. The average molecular weight is 294 g/mol. The summed E-state index contributed by atoms with van der Waals surface area (Å²) in [5.41, 5.74) is 3.30. The van der Waals surface area contributed by atoms with Crippen molar-refractivity contribution >= 4 is 40.1 Å². The first kappa shape index (κ1) is 12.6. The monoisotopic (exact) mass is 293 g/mol. The fraction of sp³-hybridized carbons (Fsp3) is 0. The number of nitrogens with two attached hydrogens (primary N) is 1. The molecule has 0 radical (unpaired) electrons. The lowest BCUT2D eigenvalue weighted by molar-refractivity contribution is 0.628. The molecule has 0 bridgehead atoms. The van der Waals surface area contributed by atoms with Crippen LogP contribution in [0.2, 0.25) is 5.02 Å². The molecule has 102 valence electrons. The molecule has 5 N–H and O–H groups in total. The first-order valence-corrected chi connectivity index (χ1v) is 5.94. The number of aromatic nitrogens is 4. The van der Waals surface area contributed by atoms with Crippen LogP contribution in [0.3, 0.4) is 0 Å². The minimum absolute atomic E-state index is 0.201. The van der Waals surface area contributed by atoms with Crippen molar-refractivity contribution in [3.8, 4) is 0 Å². The van der Waals surface area contributed by atoms with Crippen LogP contribution in [-0.4, -0.2) is 20.2 Å². The van der Waals surface area contributed by atoms with Crippen LogP contribution < -0.4 is 16.6 Å². The number of hydrogen-bond donors (Lipinski definition) is 4. The number of anilines is 3. The number of nitrogen functional groups attached to an aromatic ring is 1. The smallest absolute Gasteiger partial charge is 0.241 e. The van der Waals surface area contributed by atoms with Gasteiger partial charge in [0.25, 0.3) is 0 Å². The van der Waals surface area contributed by atoms with Crippen molar-refractivity contribution in [2.45, 2.75) is 0 Å². The van der Waals surface area contributed by atoms with E-state index in [1.54, 1.807) is 12.3 Å².